The fourth-order valence-electron chi connectivity index (χ4n) is 1.53. The van der Waals surface area contributed by atoms with Crippen molar-refractivity contribution < 1.29 is 9.90 Å². The van der Waals surface area contributed by atoms with Gasteiger partial charge in [-0.15, -0.1) is 0 Å². The molecule has 1 amide bonds. The van der Waals surface area contributed by atoms with E-state index in [1.54, 1.807) is 0 Å². The molecule has 1 aromatic rings. The summed E-state index contributed by atoms with van der Waals surface area (Å²) in [5.41, 5.74) is 1.83. The van der Waals surface area contributed by atoms with Crippen LogP contribution >= 0.6 is 11.6 Å². The van der Waals surface area contributed by atoms with Gasteiger partial charge in [-0.1, -0.05) is 37.6 Å². The molecule has 0 fully saturated rings. The molecule has 1 rings (SSSR count). The van der Waals surface area contributed by atoms with Crippen LogP contribution in [0.4, 0.5) is 0 Å². The smallest absolute Gasteiger partial charge is 0.220 e. The molecule has 19 heavy (non-hydrogen) atoms. The fourth-order valence-corrected chi connectivity index (χ4v) is 1.74. The summed E-state index contributed by atoms with van der Waals surface area (Å²) in [7, 11) is 0. The minimum Gasteiger partial charge on any atom is -0.396 e. The minimum atomic E-state index is -0.275. The van der Waals surface area contributed by atoms with Gasteiger partial charge in [-0.05, 0) is 30.5 Å². The summed E-state index contributed by atoms with van der Waals surface area (Å²) in [4.78, 5) is 11.7. The van der Waals surface area contributed by atoms with Crippen molar-refractivity contribution >= 4 is 17.5 Å². The molecule has 0 unspecified atom stereocenters. The molecule has 0 atom stereocenters. The van der Waals surface area contributed by atoms with Gasteiger partial charge in [0.1, 0.15) is 0 Å². The van der Waals surface area contributed by atoms with Crippen LogP contribution in [0.15, 0.2) is 18.2 Å². The zero-order chi connectivity index (χ0) is 14.5. The van der Waals surface area contributed by atoms with Crippen LogP contribution in [-0.4, -0.2) is 24.2 Å². The Morgan fingerprint density at radius 1 is 1.42 bits per heavy atom. The zero-order valence-electron chi connectivity index (χ0n) is 11.8. The van der Waals surface area contributed by atoms with Crippen molar-refractivity contribution in [3.05, 3.63) is 34.3 Å². The third kappa shape index (κ3) is 5.62. The van der Waals surface area contributed by atoms with Gasteiger partial charge in [-0.3, -0.25) is 4.79 Å². The third-order valence-electron chi connectivity index (χ3n) is 3.07. The first-order valence-electron chi connectivity index (χ1n) is 6.47. The zero-order valence-corrected chi connectivity index (χ0v) is 12.5. The summed E-state index contributed by atoms with van der Waals surface area (Å²) >= 11 is 6.04. The molecular formula is C15H22ClNO2. The number of halogens is 1. The molecule has 0 saturated heterocycles. The number of carbonyl (C=O) groups excluding carboxylic acids is 1. The SMILES string of the molecule is Cc1ccc(CCC(=O)NCC(C)(C)CO)cc1Cl. The average Bonchev–Trinajstić information content (AvgIpc) is 2.38. The summed E-state index contributed by atoms with van der Waals surface area (Å²) < 4.78 is 0. The first kappa shape index (κ1) is 16.0. The molecule has 0 aromatic heterocycles. The number of aliphatic hydroxyl groups excluding tert-OH is 1. The van der Waals surface area contributed by atoms with E-state index in [4.69, 9.17) is 16.7 Å². The van der Waals surface area contributed by atoms with E-state index < -0.39 is 0 Å². The second-order valence-electron chi connectivity index (χ2n) is 5.68. The number of carbonyl (C=O) groups is 1. The molecule has 0 aliphatic carbocycles. The van der Waals surface area contributed by atoms with Gasteiger partial charge in [-0.2, -0.15) is 0 Å². The molecule has 4 heteroatoms. The highest BCUT2D eigenvalue weighted by atomic mass is 35.5. The normalized spacial score (nSPS) is 11.4. The molecule has 0 saturated carbocycles. The average molecular weight is 284 g/mol. The Morgan fingerprint density at radius 2 is 2.11 bits per heavy atom. The van der Waals surface area contributed by atoms with E-state index in [0.29, 0.717) is 19.4 Å². The molecule has 0 aliphatic rings. The van der Waals surface area contributed by atoms with Crippen LogP contribution in [0.25, 0.3) is 0 Å². The van der Waals surface area contributed by atoms with E-state index in [-0.39, 0.29) is 17.9 Å². The summed E-state index contributed by atoms with van der Waals surface area (Å²) in [6.07, 6.45) is 1.10. The lowest BCUT2D eigenvalue weighted by molar-refractivity contribution is -0.121. The predicted molar refractivity (Wildman–Crippen MR) is 78.4 cm³/mol. The number of hydrogen-bond donors (Lipinski definition) is 2. The Bertz CT molecular complexity index is 444. The van der Waals surface area contributed by atoms with Crippen LogP contribution < -0.4 is 5.32 Å². The first-order valence-corrected chi connectivity index (χ1v) is 6.84. The number of rotatable bonds is 6. The quantitative estimate of drug-likeness (QED) is 0.843. The molecule has 0 bridgehead atoms. The Labute approximate surface area is 120 Å². The standard InChI is InChI=1S/C15H22ClNO2/c1-11-4-5-12(8-13(11)16)6-7-14(19)17-9-15(2,3)10-18/h4-5,8,18H,6-7,9-10H2,1-3H3,(H,17,19). The lowest BCUT2D eigenvalue weighted by atomic mass is 9.95. The van der Waals surface area contributed by atoms with E-state index in [2.05, 4.69) is 5.32 Å². The third-order valence-corrected chi connectivity index (χ3v) is 3.48. The number of nitrogens with one attached hydrogen (secondary N) is 1. The maximum atomic E-state index is 11.7. The van der Waals surface area contributed by atoms with Crippen LogP contribution in [0.5, 0.6) is 0 Å². The van der Waals surface area contributed by atoms with Gasteiger partial charge in [-0.25, -0.2) is 0 Å². The first-order chi connectivity index (χ1) is 8.84. The highest BCUT2D eigenvalue weighted by Crippen LogP contribution is 2.17. The van der Waals surface area contributed by atoms with Crippen molar-refractivity contribution in [1.29, 1.82) is 0 Å². The highest BCUT2D eigenvalue weighted by Gasteiger charge is 2.17. The lowest BCUT2D eigenvalue weighted by Crippen LogP contribution is -2.36. The molecule has 1 aromatic carbocycles. The minimum absolute atomic E-state index is 0.00165. The van der Waals surface area contributed by atoms with E-state index in [9.17, 15) is 4.79 Å². The van der Waals surface area contributed by atoms with Crippen LogP contribution in [0.2, 0.25) is 5.02 Å². The van der Waals surface area contributed by atoms with E-state index in [1.165, 1.54) is 0 Å². The lowest BCUT2D eigenvalue weighted by Gasteiger charge is -2.21. The second kappa shape index (κ2) is 6.92. The summed E-state index contributed by atoms with van der Waals surface area (Å²) in [5.74, 6) is -0.00165. The largest absolute Gasteiger partial charge is 0.396 e. The summed E-state index contributed by atoms with van der Waals surface area (Å²) in [6.45, 7) is 6.31. The number of hydrogen-bond acceptors (Lipinski definition) is 2. The van der Waals surface area contributed by atoms with Gasteiger partial charge >= 0.3 is 0 Å². The maximum absolute atomic E-state index is 11.7. The van der Waals surface area contributed by atoms with Crippen LogP contribution in [-0.2, 0) is 11.2 Å². The van der Waals surface area contributed by atoms with Crippen LogP contribution in [0.3, 0.4) is 0 Å². The predicted octanol–water partition coefficient (Wildman–Crippen LogP) is 2.72. The Balaban J connectivity index is 2.40. The van der Waals surface area contributed by atoms with Gasteiger partial charge in [0, 0.05) is 30.0 Å². The van der Waals surface area contributed by atoms with Crippen molar-refractivity contribution in [2.45, 2.75) is 33.6 Å². The van der Waals surface area contributed by atoms with E-state index >= 15 is 0 Å². The topological polar surface area (TPSA) is 49.3 Å². The highest BCUT2D eigenvalue weighted by molar-refractivity contribution is 6.31. The molecule has 106 valence electrons. The van der Waals surface area contributed by atoms with Gasteiger partial charge < -0.3 is 10.4 Å². The van der Waals surface area contributed by atoms with Crippen molar-refractivity contribution in [2.24, 2.45) is 5.41 Å². The van der Waals surface area contributed by atoms with Crippen molar-refractivity contribution in [1.82, 2.24) is 5.32 Å². The Hall–Kier alpha value is -1.06. The number of aliphatic hydroxyl groups is 1. The Kier molecular flexibility index (Phi) is 5.83. The number of aryl methyl sites for hydroxylation is 2. The monoisotopic (exact) mass is 283 g/mol. The van der Waals surface area contributed by atoms with Crippen molar-refractivity contribution in [2.75, 3.05) is 13.2 Å². The Morgan fingerprint density at radius 3 is 2.68 bits per heavy atom. The molecule has 0 radical (unpaired) electrons. The van der Waals surface area contributed by atoms with Crippen LogP contribution in [0, 0.1) is 12.3 Å². The number of benzene rings is 1. The molecule has 0 heterocycles. The summed E-state index contributed by atoms with van der Waals surface area (Å²) in [5, 5.41) is 12.7. The van der Waals surface area contributed by atoms with E-state index in [1.807, 2.05) is 39.0 Å². The van der Waals surface area contributed by atoms with Gasteiger partial charge in [0.25, 0.3) is 0 Å². The van der Waals surface area contributed by atoms with Crippen LogP contribution in [0.1, 0.15) is 31.4 Å². The fraction of sp³-hybridized carbons (Fsp3) is 0.533. The van der Waals surface area contributed by atoms with Gasteiger partial charge in [0.05, 0.1) is 0 Å². The van der Waals surface area contributed by atoms with E-state index in [0.717, 1.165) is 16.1 Å². The van der Waals surface area contributed by atoms with Gasteiger partial charge in [0.15, 0.2) is 0 Å². The molecule has 2 N–H and O–H groups in total. The van der Waals surface area contributed by atoms with Crippen molar-refractivity contribution in [3.63, 3.8) is 0 Å². The molecule has 0 spiro atoms. The second-order valence-corrected chi connectivity index (χ2v) is 6.09. The number of amides is 1. The molecule has 3 nitrogen and oxygen atoms in total. The molecule has 0 aliphatic heterocycles. The maximum Gasteiger partial charge on any atom is 0.220 e. The summed E-state index contributed by atoms with van der Waals surface area (Å²) in [6, 6.07) is 5.86. The molecular weight excluding hydrogens is 262 g/mol. The van der Waals surface area contributed by atoms with Crippen molar-refractivity contribution in [3.8, 4) is 0 Å². The van der Waals surface area contributed by atoms with Gasteiger partial charge in [0.2, 0.25) is 5.91 Å².